The molecule has 1 aromatic carbocycles. The summed E-state index contributed by atoms with van der Waals surface area (Å²) in [6.07, 6.45) is 0. The van der Waals surface area contributed by atoms with E-state index < -0.39 is 11.9 Å². The van der Waals surface area contributed by atoms with Crippen LogP contribution in [0, 0.1) is 5.82 Å². The highest BCUT2D eigenvalue weighted by Crippen LogP contribution is 2.35. The summed E-state index contributed by atoms with van der Waals surface area (Å²) in [5, 5.41) is 2.62. The van der Waals surface area contributed by atoms with Crippen molar-refractivity contribution in [1.82, 2.24) is 5.32 Å². The van der Waals surface area contributed by atoms with Gasteiger partial charge in [-0.15, -0.1) is 0 Å². The molecule has 0 unspecified atom stereocenters. The molecule has 6 nitrogen and oxygen atoms in total. The first-order valence-electron chi connectivity index (χ1n) is 7.85. The summed E-state index contributed by atoms with van der Waals surface area (Å²) >= 11 is 0. The molecule has 0 bridgehead atoms. The van der Waals surface area contributed by atoms with Crippen LogP contribution in [0.25, 0.3) is 0 Å². The number of fused-ring (bicyclic) bond motifs is 1. The van der Waals surface area contributed by atoms with Gasteiger partial charge in [-0.25, -0.2) is 4.39 Å². The molecule has 2 amide bonds. The third kappa shape index (κ3) is 3.35. The molecule has 0 saturated carbocycles. The lowest BCUT2D eigenvalue weighted by Crippen LogP contribution is -3.14. The van der Waals surface area contributed by atoms with Gasteiger partial charge in [-0.05, 0) is 18.2 Å². The second-order valence-electron chi connectivity index (χ2n) is 5.94. The molecule has 0 aromatic heterocycles. The van der Waals surface area contributed by atoms with Gasteiger partial charge in [0.1, 0.15) is 24.9 Å². The third-order valence-corrected chi connectivity index (χ3v) is 4.34. The van der Waals surface area contributed by atoms with Crippen molar-refractivity contribution in [1.29, 1.82) is 0 Å². The van der Waals surface area contributed by atoms with E-state index in [2.05, 4.69) is 5.32 Å². The number of anilines is 1. The van der Waals surface area contributed by atoms with Crippen LogP contribution in [0.15, 0.2) is 18.2 Å². The minimum atomic E-state index is -0.794. The number of amides is 2. The van der Waals surface area contributed by atoms with Crippen LogP contribution in [-0.2, 0) is 14.3 Å². The maximum absolute atomic E-state index is 13.5. The summed E-state index contributed by atoms with van der Waals surface area (Å²) in [6.45, 7) is 6.02. The zero-order valence-corrected chi connectivity index (χ0v) is 13.1. The predicted octanol–water partition coefficient (Wildman–Crippen LogP) is -0.735. The average Bonchev–Trinajstić information content (AvgIpc) is 2.78. The van der Waals surface area contributed by atoms with Crippen LogP contribution in [0.1, 0.15) is 18.5 Å². The maximum atomic E-state index is 13.5. The van der Waals surface area contributed by atoms with Gasteiger partial charge in [0.2, 0.25) is 5.91 Å². The summed E-state index contributed by atoms with van der Waals surface area (Å²) in [4.78, 5) is 27.0. The summed E-state index contributed by atoms with van der Waals surface area (Å²) < 4.78 is 18.9. The number of ether oxygens (including phenoxy) is 1. The Bertz CT molecular complexity index is 617. The van der Waals surface area contributed by atoms with Gasteiger partial charge in [-0.3, -0.25) is 9.59 Å². The van der Waals surface area contributed by atoms with Crippen LogP contribution < -0.4 is 15.1 Å². The SMILES string of the molecule is CC(=O)N[C@@H]1C(=O)N(CC[NH+]2CCOCC2)c2ccc(F)cc21. The first-order valence-corrected chi connectivity index (χ1v) is 7.85. The monoisotopic (exact) mass is 322 g/mol. The lowest BCUT2D eigenvalue weighted by Gasteiger charge is -2.26. The molecule has 1 fully saturated rings. The van der Waals surface area contributed by atoms with Crippen LogP contribution in [0.2, 0.25) is 0 Å². The van der Waals surface area contributed by atoms with Crippen LogP contribution in [0.5, 0.6) is 0 Å². The summed E-state index contributed by atoms with van der Waals surface area (Å²) in [5.41, 5.74) is 1.21. The molecule has 0 spiro atoms. The summed E-state index contributed by atoms with van der Waals surface area (Å²) in [5.74, 6) is -0.916. The molecule has 23 heavy (non-hydrogen) atoms. The number of quaternary nitrogens is 1. The number of morpholine rings is 1. The van der Waals surface area contributed by atoms with Crippen molar-refractivity contribution in [3.63, 3.8) is 0 Å². The van der Waals surface area contributed by atoms with Crippen molar-refractivity contribution < 1.29 is 23.6 Å². The molecule has 3 rings (SSSR count). The van der Waals surface area contributed by atoms with Crippen molar-refractivity contribution in [2.24, 2.45) is 0 Å². The number of nitrogens with one attached hydrogen (secondary N) is 2. The van der Waals surface area contributed by atoms with Crippen molar-refractivity contribution in [3.05, 3.63) is 29.6 Å². The summed E-state index contributed by atoms with van der Waals surface area (Å²) in [7, 11) is 0. The number of carbonyl (C=O) groups is 2. The highest BCUT2D eigenvalue weighted by Gasteiger charge is 2.38. The number of hydrogen-bond donors (Lipinski definition) is 2. The molecule has 124 valence electrons. The first-order chi connectivity index (χ1) is 11.1. The zero-order chi connectivity index (χ0) is 16.4. The van der Waals surface area contributed by atoms with Gasteiger partial charge in [-0.2, -0.15) is 0 Å². The Morgan fingerprint density at radius 1 is 1.43 bits per heavy atom. The third-order valence-electron chi connectivity index (χ3n) is 4.34. The Labute approximate surface area is 134 Å². The van der Waals surface area contributed by atoms with Gasteiger partial charge < -0.3 is 19.9 Å². The molecule has 1 atom stereocenters. The Morgan fingerprint density at radius 2 is 2.17 bits per heavy atom. The lowest BCUT2D eigenvalue weighted by molar-refractivity contribution is -0.906. The van der Waals surface area contributed by atoms with Crippen molar-refractivity contribution in [2.75, 3.05) is 44.3 Å². The fraction of sp³-hybridized carbons (Fsp3) is 0.500. The van der Waals surface area contributed by atoms with E-state index in [1.54, 1.807) is 11.0 Å². The highest BCUT2D eigenvalue weighted by atomic mass is 19.1. The Kier molecular flexibility index (Phi) is 4.58. The number of halogens is 1. The summed E-state index contributed by atoms with van der Waals surface area (Å²) in [6, 6.07) is 3.49. The number of carbonyl (C=O) groups excluding carboxylic acids is 2. The Balaban J connectivity index is 1.77. The van der Waals surface area contributed by atoms with Gasteiger partial charge in [0, 0.05) is 18.2 Å². The molecule has 0 radical (unpaired) electrons. The van der Waals surface area contributed by atoms with E-state index in [1.165, 1.54) is 24.0 Å². The van der Waals surface area contributed by atoms with Gasteiger partial charge in [-0.1, -0.05) is 0 Å². The molecule has 1 aromatic rings. The van der Waals surface area contributed by atoms with Crippen molar-refractivity contribution >= 4 is 17.5 Å². The van der Waals surface area contributed by atoms with Crippen LogP contribution in [-0.4, -0.2) is 51.2 Å². The fourth-order valence-electron chi connectivity index (χ4n) is 3.16. The molecular weight excluding hydrogens is 301 g/mol. The normalized spacial score (nSPS) is 21.4. The number of hydrogen-bond acceptors (Lipinski definition) is 3. The van der Waals surface area contributed by atoms with E-state index in [-0.39, 0.29) is 11.8 Å². The Hall–Kier alpha value is -1.99. The van der Waals surface area contributed by atoms with E-state index in [9.17, 15) is 14.0 Å². The first kappa shape index (κ1) is 15.9. The van der Waals surface area contributed by atoms with E-state index in [1.807, 2.05) is 0 Å². The van der Waals surface area contributed by atoms with Gasteiger partial charge in [0.05, 0.1) is 26.3 Å². The molecule has 2 N–H and O–H groups in total. The van der Waals surface area contributed by atoms with Gasteiger partial charge in [0.25, 0.3) is 5.91 Å². The quantitative estimate of drug-likeness (QED) is 0.768. The Morgan fingerprint density at radius 3 is 2.87 bits per heavy atom. The topological polar surface area (TPSA) is 63.1 Å². The van der Waals surface area contributed by atoms with E-state index in [0.29, 0.717) is 17.8 Å². The van der Waals surface area contributed by atoms with Crippen LogP contribution in [0.4, 0.5) is 10.1 Å². The van der Waals surface area contributed by atoms with Crippen LogP contribution >= 0.6 is 0 Å². The van der Waals surface area contributed by atoms with E-state index in [4.69, 9.17) is 4.74 Å². The zero-order valence-electron chi connectivity index (χ0n) is 13.1. The highest BCUT2D eigenvalue weighted by molar-refractivity contribution is 6.06. The van der Waals surface area contributed by atoms with Crippen LogP contribution in [0.3, 0.4) is 0 Å². The molecule has 0 aliphatic carbocycles. The second kappa shape index (κ2) is 6.64. The van der Waals surface area contributed by atoms with Gasteiger partial charge >= 0.3 is 0 Å². The lowest BCUT2D eigenvalue weighted by atomic mass is 10.1. The minimum absolute atomic E-state index is 0.201. The largest absolute Gasteiger partial charge is 0.370 e. The number of rotatable bonds is 4. The molecule has 1 saturated heterocycles. The van der Waals surface area contributed by atoms with Crippen molar-refractivity contribution in [3.8, 4) is 0 Å². The fourth-order valence-corrected chi connectivity index (χ4v) is 3.16. The standard InChI is InChI=1S/C16H20FN3O3/c1-11(21)18-15-13-10-12(17)2-3-14(13)20(16(15)22)5-4-19-6-8-23-9-7-19/h2-3,10,15H,4-9H2,1H3,(H,18,21)/p+1/t15-/m0/s1. The number of benzene rings is 1. The van der Waals surface area contributed by atoms with E-state index >= 15 is 0 Å². The maximum Gasteiger partial charge on any atom is 0.254 e. The minimum Gasteiger partial charge on any atom is -0.370 e. The second-order valence-corrected chi connectivity index (χ2v) is 5.94. The number of nitrogens with zero attached hydrogens (tertiary/aromatic N) is 1. The van der Waals surface area contributed by atoms with Crippen molar-refractivity contribution in [2.45, 2.75) is 13.0 Å². The molecule has 2 aliphatic heterocycles. The molecule has 2 aliphatic rings. The average molecular weight is 322 g/mol. The molecule has 2 heterocycles. The smallest absolute Gasteiger partial charge is 0.254 e. The van der Waals surface area contributed by atoms with E-state index in [0.717, 1.165) is 32.8 Å². The predicted molar refractivity (Wildman–Crippen MR) is 81.7 cm³/mol. The molecule has 7 heteroatoms. The van der Waals surface area contributed by atoms with Gasteiger partial charge in [0.15, 0.2) is 0 Å². The molecular formula is C16H21FN3O3+.